The molecule has 80 valence electrons. The molecule has 2 unspecified atom stereocenters. The molecule has 0 spiro atoms. The molecule has 1 saturated heterocycles. The van der Waals surface area contributed by atoms with Gasteiger partial charge in [-0.1, -0.05) is 15.9 Å². The molecule has 0 bridgehead atoms. The molecular weight excluding hydrogens is 246 g/mol. The van der Waals surface area contributed by atoms with Gasteiger partial charge < -0.3 is 10.1 Å². The topological polar surface area (TPSA) is 38.3 Å². The largest absolute Gasteiger partial charge is 0.381 e. The van der Waals surface area contributed by atoms with Crippen LogP contribution in [-0.2, 0) is 9.53 Å². The maximum atomic E-state index is 11.8. The first-order valence-electron chi connectivity index (χ1n) is 5.01. The first-order chi connectivity index (χ1) is 6.55. The number of amides is 1. The van der Waals surface area contributed by atoms with E-state index in [9.17, 15) is 4.79 Å². The van der Waals surface area contributed by atoms with Crippen molar-refractivity contribution < 1.29 is 9.53 Å². The minimum atomic E-state index is -0.144. The lowest BCUT2D eigenvalue weighted by atomic mass is 10.1. The lowest BCUT2D eigenvalue weighted by Crippen LogP contribution is -2.46. The number of fused-ring (bicyclic) bond motifs is 1. The Bertz CT molecular complexity index is 245. The molecule has 3 nitrogen and oxygen atoms in total. The second kappa shape index (κ2) is 3.49. The van der Waals surface area contributed by atoms with Crippen LogP contribution in [-0.4, -0.2) is 30.0 Å². The lowest BCUT2D eigenvalue weighted by Gasteiger charge is -2.24. The Kier molecular flexibility index (Phi) is 2.60. The molecule has 14 heavy (non-hydrogen) atoms. The summed E-state index contributed by atoms with van der Waals surface area (Å²) in [5.74, 6) is 1.43. The van der Waals surface area contributed by atoms with Crippen LogP contribution >= 0.6 is 15.9 Å². The zero-order valence-corrected chi connectivity index (χ0v) is 10.1. The molecule has 1 heterocycles. The highest BCUT2D eigenvalue weighted by molar-refractivity contribution is 9.09. The number of nitrogens with one attached hydrogen (secondary N) is 1. The summed E-state index contributed by atoms with van der Waals surface area (Å²) in [4.78, 5) is 11.8. The summed E-state index contributed by atoms with van der Waals surface area (Å²) >= 11 is 3.39. The first-order valence-corrected chi connectivity index (χ1v) is 6.13. The standard InChI is InChI=1S/C10H16BrNO2/c1-10(2,5-11)12-9(13)8-6-3-14-4-7(6)8/h6-8H,3-5H2,1-2H3,(H,12,13). The average molecular weight is 262 g/mol. The molecule has 2 atom stereocenters. The third kappa shape index (κ3) is 1.82. The average Bonchev–Trinajstić information content (AvgIpc) is 2.61. The number of rotatable bonds is 3. The molecule has 1 amide bonds. The molecule has 1 saturated carbocycles. The summed E-state index contributed by atoms with van der Waals surface area (Å²) in [5.41, 5.74) is -0.144. The third-order valence-electron chi connectivity index (χ3n) is 3.05. The van der Waals surface area contributed by atoms with Crippen LogP contribution < -0.4 is 5.32 Å². The van der Waals surface area contributed by atoms with Crippen molar-refractivity contribution in [3.05, 3.63) is 0 Å². The quantitative estimate of drug-likeness (QED) is 0.775. The zero-order valence-electron chi connectivity index (χ0n) is 8.55. The predicted octanol–water partition coefficient (Wildman–Crippen LogP) is 1.17. The van der Waals surface area contributed by atoms with E-state index in [2.05, 4.69) is 21.2 Å². The normalized spacial score (nSPS) is 35.2. The Balaban J connectivity index is 1.86. The second-order valence-corrected chi connectivity index (χ2v) is 5.46. The van der Waals surface area contributed by atoms with Gasteiger partial charge in [-0.05, 0) is 25.7 Å². The van der Waals surface area contributed by atoms with Crippen molar-refractivity contribution >= 4 is 21.8 Å². The van der Waals surface area contributed by atoms with Crippen LogP contribution in [0.15, 0.2) is 0 Å². The second-order valence-electron chi connectivity index (χ2n) is 4.90. The van der Waals surface area contributed by atoms with Crippen LogP contribution in [0.5, 0.6) is 0 Å². The van der Waals surface area contributed by atoms with Crippen LogP contribution in [0.2, 0.25) is 0 Å². The molecule has 1 N–H and O–H groups in total. The van der Waals surface area contributed by atoms with E-state index in [0.29, 0.717) is 11.8 Å². The van der Waals surface area contributed by atoms with Gasteiger partial charge in [-0.3, -0.25) is 4.79 Å². The first kappa shape index (κ1) is 10.4. The van der Waals surface area contributed by atoms with Crippen LogP contribution in [0.1, 0.15) is 13.8 Å². The highest BCUT2D eigenvalue weighted by atomic mass is 79.9. The summed E-state index contributed by atoms with van der Waals surface area (Å²) < 4.78 is 5.25. The van der Waals surface area contributed by atoms with Crippen LogP contribution in [0, 0.1) is 17.8 Å². The van der Waals surface area contributed by atoms with Crippen LogP contribution in [0.4, 0.5) is 0 Å². The number of carbonyl (C=O) groups excluding carboxylic acids is 1. The van der Waals surface area contributed by atoms with Gasteiger partial charge in [0.2, 0.25) is 5.91 Å². The Morgan fingerprint density at radius 2 is 2.07 bits per heavy atom. The summed E-state index contributed by atoms with van der Waals surface area (Å²) in [7, 11) is 0. The number of carbonyl (C=O) groups is 1. The van der Waals surface area contributed by atoms with Crippen molar-refractivity contribution in [2.45, 2.75) is 19.4 Å². The molecule has 2 rings (SSSR count). The Morgan fingerprint density at radius 3 is 2.57 bits per heavy atom. The van der Waals surface area contributed by atoms with E-state index in [1.807, 2.05) is 13.8 Å². The van der Waals surface area contributed by atoms with Crippen molar-refractivity contribution in [2.75, 3.05) is 18.5 Å². The van der Waals surface area contributed by atoms with E-state index in [4.69, 9.17) is 4.74 Å². The molecule has 1 aliphatic carbocycles. The lowest BCUT2D eigenvalue weighted by molar-refractivity contribution is -0.125. The van der Waals surface area contributed by atoms with Crippen LogP contribution in [0.3, 0.4) is 0 Å². The summed E-state index contributed by atoms with van der Waals surface area (Å²) in [6, 6.07) is 0. The van der Waals surface area contributed by atoms with Gasteiger partial charge in [0, 0.05) is 16.8 Å². The Morgan fingerprint density at radius 1 is 1.50 bits per heavy atom. The molecule has 0 aromatic heterocycles. The molecular formula is C10H16BrNO2. The third-order valence-corrected chi connectivity index (χ3v) is 4.45. The molecule has 0 aromatic carbocycles. The fourth-order valence-corrected chi connectivity index (χ4v) is 2.22. The fourth-order valence-electron chi connectivity index (χ4n) is 2.08. The number of halogens is 1. The Labute approximate surface area is 92.7 Å². The van der Waals surface area contributed by atoms with Gasteiger partial charge in [0.15, 0.2) is 0 Å². The Hall–Kier alpha value is -0.0900. The van der Waals surface area contributed by atoms with Gasteiger partial charge in [0.1, 0.15) is 0 Å². The summed E-state index contributed by atoms with van der Waals surface area (Å²) in [6.45, 7) is 5.59. The molecule has 2 fully saturated rings. The van der Waals surface area contributed by atoms with E-state index >= 15 is 0 Å². The van der Waals surface area contributed by atoms with E-state index in [-0.39, 0.29) is 17.4 Å². The SMILES string of the molecule is CC(C)(CBr)NC(=O)C1C2COCC21. The predicted molar refractivity (Wildman–Crippen MR) is 57.3 cm³/mol. The summed E-state index contributed by atoms with van der Waals surface area (Å²) in [6.07, 6.45) is 0. The molecule has 0 radical (unpaired) electrons. The smallest absolute Gasteiger partial charge is 0.224 e. The maximum absolute atomic E-state index is 11.8. The van der Waals surface area contributed by atoms with Gasteiger partial charge in [0.25, 0.3) is 0 Å². The van der Waals surface area contributed by atoms with Crippen molar-refractivity contribution in [3.8, 4) is 0 Å². The molecule has 1 aliphatic heterocycles. The van der Waals surface area contributed by atoms with Gasteiger partial charge in [-0.2, -0.15) is 0 Å². The van der Waals surface area contributed by atoms with Crippen molar-refractivity contribution in [3.63, 3.8) is 0 Å². The minimum Gasteiger partial charge on any atom is -0.381 e. The van der Waals surface area contributed by atoms with E-state index < -0.39 is 0 Å². The van der Waals surface area contributed by atoms with Crippen LogP contribution in [0.25, 0.3) is 0 Å². The van der Waals surface area contributed by atoms with E-state index in [1.165, 1.54) is 0 Å². The minimum absolute atomic E-state index is 0.144. The van der Waals surface area contributed by atoms with Crippen molar-refractivity contribution in [1.82, 2.24) is 5.32 Å². The van der Waals surface area contributed by atoms with Crippen molar-refractivity contribution in [1.29, 1.82) is 0 Å². The van der Waals surface area contributed by atoms with Gasteiger partial charge in [-0.15, -0.1) is 0 Å². The number of hydrogen-bond donors (Lipinski definition) is 1. The molecule has 4 heteroatoms. The van der Waals surface area contributed by atoms with Gasteiger partial charge in [-0.25, -0.2) is 0 Å². The number of hydrogen-bond acceptors (Lipinski definition) is 2. The molecule has 2 aliphatic rings. The highest BCUT2D eigenvalue weighted by Crippen LogP contribution is 2.50. The monoisotopic (exact) mass is 261 g/mol. The summed E-state index contributed by atoms with van der Waals surface area (Å²) in [5, 5.41) is 3.84. The highest BCUT2D eigenvalue weighted by Gasteiger charge is 2.58. The van der Waals surface area contributed by atoms with Gasteiger partial charge in [0.05, 0.1) is 13.2 Å². The van der Waals surface area contributed by atoms with Gasteiger partial charge >= 0.3 is 0 Å². The van der Waals surface area contributed by atoms with Crippen molar-refractivity contribution in [2.24, 2.45) is 17.8 Å². The van der Waals surface area contributed by atoms with E-state index in [0.717, 1.165) is 18.5 Å². The fraction of sp³-hybridized carbons (Fsp3) is 0.900. The number of ether oxygens (including phenoxy) is 1. The molecule has 0 aromatic rings. The van der Waals surface area contributed by atoms with E-state index in [1.54, 1.807) is 0 Å². The number of alkyl halides is 1. The zero-order chi connectivity index (χ0) is 10.3. The maximum Gasteiger partial charge on any atom is 0.224 e.